The van der Waals surface area contributed by atoms with Gasteiger partial charge in [0.05, 0.1) is 0 Å². The number of ether oxygens (including phenoxy) is 1. The van der Waals surface area contributed by atoms with Gasteiger partial charge in [-0.3, -0.25) is 0 Å². The van der Waals surface area contributed by atoms with Gasteiger partial charge < -0.3 is 10.5 Å². The Balaban J connectivity index is 2.22. The molecule has 15 heavy (non-hydrogen) atoms. The number of hydrogen-bond acceptors (Lipinski definition) is 3. The van der Waals surface area contributed by atoms with Crippen LogP contribution in [0.25, 0.3) is 0 Å². The maximum absolute atomic E-state index is 5.55. The molecule has 0 unspecified atom stereocenters. The molecular weight excluding hydrogens is 188 g/mol. The van der Waals surface area contributed by atoms with Gasteiger partial charge in [-0.15, -0.1) is 0 Å². The minimum absolute atomic E-state index is 0.458. The van der Waals surface area contributed by atoms with Gasteiger partial charge in [-0.2, -0.15) is 4.98 Å². The first-order valence-corrected chi connectivity index (χ1v) is 4.71. The molecule has 2 rings (SSSR count). The third-order valence-electron chi connectivity index (χ3n) is 1.96. The molecule has 0 amide bonds. The Morgan fingerprint density at radius 1 is 1.13 bits per heavy atom. The van der Waals surface area contributed by atoms with Crippen LogP contribution >= 0.6 is 0 Å². The molecule has 0 bridgehead atoms. The van der Waals surface area contributed by atoms with E-state index in [9.17, 15) is 0 Å². The molecule has 1 aromatic heterocycles. The van der Waals surface area contributed by atoms with Crippen molar-refractivity contribution in [3.63, 3.8) is 0 Å². The van der Waals surface area contributed by atoms with Gasteiger partial charge in [0.1, 0.15) is 11.6 Å². The SMILES string of the molecule is Cc1cccc(Oc2cccc(N)n2)c1. The molecule has 0 radical (unpaired) electrons. The van der Waals surface area contributed by atoms with E-state index in [1.807, 2.05) is 37.3 Å². The molecule has 0 saturated carbocycles. The van der Waals surface area contributed by atoms with Crippen molar-refractivity contribution in [3.8, 4) is 11.6 Å². The van der Waals surface area contributed by atoms with Crippen LogP contribution in [0.15, 0.2) is 42.5 Å². The van der Waals surface area contributed by atoms with Crippen molar-refractivity contribution in [1.82, 2.24) is 4.98 Å². The second kappa shape index (κ2) is 4.00. The number of anilines is 1. The molecule has 0 aliphatic rings. The van der Waals surface area contributed by atoms with Gasteiger partial charge in [0.25, 0.3) is 0 Å². The summed E-state index contributed by atoms with van der Waals surface area (Å²) in [6.45, 7) is 2.01. The molecule has 1 aromatic carbocycles. The summed E-state index contributed by atoms with van der Waals surface area (Å²) in [5, 5.41) is 0. The van der Waals surface area contributed by atoms with E-state index in [1.165, 1.54) is 0 Å². The summed E-state index contributed by atoms with van der Waals surface area (Å²) < 4.78 is 5.55. The van der Waals surface area contributed by atoms with Crippen LogP contribution in [0.1, 0.15) is 5.56 Å². The molecule has 2 aromatic rings. The number of pyridine rings is 1. The van der Waals surface area contributed by atoms with E-state index in [0.29, 0.717) is 11.7 Å². The van der Waals surface area contributed by atoms with E-state index in [-0.39, 0.29) is 0 Å². The minimum atomic E-state index is 0.458. The molecule has 3 heteroatoms. The molecule has 0 aliphatic carbocycles. The number of hydrogen-bond donors (Lipinski definition) is 1. The number of aromatic nitrogens is 1. The van der Waals surface area contributed by atoms with Crippen LogP contribution in [0.3, 0.4) is 0 Å². The molecule has 0 aliphatic heterocycles. The number of nitrogens with two attached hydrogens (primary N) is 1. The number of aryl methyl sites for hydroxylation is 1. The van der Waals surface area contributed by atoms with E-state index < -0.39 is 0 Å². The summed E-state index contributed by atoms with van der Waals surface area (Å²) in [4.78, 5) is 4.05. The highest BCUT2D eigenvalue weighted by atomic mass is 16.5. The molecule has 1 heterocycles. The maximum Gasteiger partial charge on any atom is 0.221 e. The van der Waals surface area contributed by atoms with E-state index in [2.05, 4.69) is 4.98 Å². The van der Waals surface area contributed by atoms with Crippen LogP contribution < -0.4 is 10.5 Å². The van der Waals surface area contributed by atoms with Crippen molar-refractivity contribution >= 4 is 5.82 Å². The zero-order valence-electron chi connectivity index (χ0n) is 8.47. The molecule has 2 N–H and O–H groups in total. The second-order valence-electron chi connectivity index (χ2n) is 3.32. The van der Waals surface area contributed by atoms with Crippen LogP contribution in [0.5, 0.6) is 11.6 Å². The van der Waals surface area contributed by atoms with Crippen molar-refractivity contribution < 1.29 is 4.74 Å². The number of benzene rings is 1. The zero-order chi connectivity index (χ0) is 10.7. The lowest BCUT2D eigenvalue weighted by Gasteiger charge is -2.05. The van der Waals surface area contributed by atoms with Crippen molar-refractivity contribution in [2.75, 3.05) is 5.73 Å². The fourth-order valence-corrected chi connectivity index (χ4v) is 1.29. The first-order chi connectivity index (χ1) is 7.24. The second-order valence-corrected chi connectivity index (χ2v) is 3.32. The molecule has 0 saturated heterocycles. The fraction of sp³-hybridized carbons (Fsp3) is 0.0833. The van der Waals surface area contributed by atoms with Gasteiger partial charge in [-0.25, -0.2) is 0 Å². The standard InChI is InChI=1S/C12H12N2O/c1-9-4-2-5-10(8-9)15-12-7-3-6-11(13)14-12/h2-8H,1H3,(H2,13,14). The highest BCUT2D eigenvalue weighted by Crippen LogP contribution is 2.20. The summed E-state index contributed by atoms with van der Waals surface area (Å²) in [5.74, 6) is 1.74. The van der Waals surface area contributed by atoms with Gasteiger partial charge in [-0.1, -0.05) is 18.2 Å². The molecule has 0 fully saturated rings. The van der Waals surface area contributed by atoms with Crippen molar-refractivity contribution in [3.05, 3.63) is 48.0 Å². The Bertz CT molecular complexity index is 425. The number of nitrogens with zero attached hydrogens (tertiary/aromatic N) is 1. The topological polar surface area (TPSA) is 48.1 Å². The third-order valence-corrected chi connectivity index (χ3v) is 1.96. The zero-order valence-corrected chi connectivity index (χ0v) is 8.47. The molecular formula is C12H12N2O. The van der Waals surface area contributed by atoms with Gasteiger partial charge in [0.15, 0.2) is 0 Å². The van der Waals surface area contributed by atoms with Crippen molar-refractivity contribution in [2.45, 2.75) is 6.92 Å². The maximum atomic E-state index is 5.55. The van der Waals surface area contributed by atoms with Crippen LogP contribution in [0.4, 0.5) is 5.82 Å². The molecule has 0 spiro atoms. The lowest BCUT2D eigenvalue weighted by Crippen LogP contribution is -1.92. The lowest BCUT2D eigenvalue weighted by molar-refractivity contribution is 0.463. The fourth-order valence-electron chi connectivity index (χ4n) is 1.29. The first-order valence-electron chi connectivity index (χ1n) is 4.71. The molecule has 3 nitrogen and oxygen atoms in total. The summed E-state index contributed by atoms with van der Waals surface area (Å²) in [7, 11) is 0. The largest absolute Gasteiger partial charge is 0.439 e. The van der Waals surface area contributed by atoms with Gasteiger partial charge in [0.2, 0.25) is 5.88 Å². The number of nitrogen functional groups attached to an aromatic ring is 1. The molecule has 76 valence electrons. The summed E-state index contributed by atoms with van der Waals surface area (Å²) in [6.07, 6.45) is 0. The van der Waals surface area contributed by atoms with Crippen LogP contribution in [0.2, 0.25) is 0 Å². The van der Waals surface area contributed by atoms with Gasteiger partial charge in [0, 0.05) is 6.07 Å². The van der Waals surface area contributed by atoms with E-state index >= 15 is 0 Å². The highest BCUT2D eigenvalue weighted by molar-refractivity contribution is 5.35. The van der Waals surface area contributed by atoms with Crippen LogP contribution in [-0.4, -0.2) is 4.98 Å². The van der Waals surface area contributed by atoms with Crippen molar-refractivity contribution in [2.24, 2.45) is 0 Å². The van der Waals surface area contributed by atoms with E-state index in [4.69, 9.17) is 10.5 Å². The monoisotopic (exact) mass is 200 g/mol. The normalized spacial score (nSPS) is 9.93. The van der Waals surface area contributed by atoms with Crippen molar-refractivity contribution in [1.29, 1.82) is 0 Å². The predicted molar refractivity (Wildman–Crippen MR) is 59.9 cm³/mol. The summed E-state index contributed by atoms with van der Waals surface area (Å²) in [5.41, 5.74) is 6.70. The van der Waals surface area contributed by atoms with Crippen LogP contribution in [-0.2, 0) is 0 Å². The number of rotatable bonds is 2. The van der Waals surface area contributed by atoms with Gasteiger partial charge >= 0.3 is 0 Å². The Morgan fingerprint density at radius 3 is 2.67 bits per heavy atom. The average Bonchev–Trinajstić information content (AvgIpc) is 2.17. The van der Waals surface area contributed by atoms with E-state index in [1.54, 1.807) is 12.1 Å². The minimum Gasteiger partial charge on any atom is -0.439 e. The smallest absolute Gasteiger partial charge is 0.221 e. The Kier molecular flexibility index (Phi) is 2.54. The summed E-state index contributed by atoms with van der Waals surface area (Å²) in [6, 6.07) is 13.1. The lowest BCUT2D eigenvalue weighted by atomic mass is 10.2. The first kappa shape index (κ1) is 9.52. The van der Waals surface area contributed by atoms with Crippen LogP contribution in [0, 0.1) is 6.92 Å². The Hall–Kier alpha value is -2.03. The highest BCUT2D eigenvalue weighted by Gasteiger charge is 1.98. The predicted octanol–water partition coefficient (Wildman–Crippen LogP) is 2.76. The van der Waals surface area contributed by atoms with E-state index in [0.717, 1.165) is 11.3 Å². The average molecular weight is 200 g/mol. The third kappa shape index (κ3) is 2.47. The summed E-state index contributed by atoms with van der Waals surface area (Å²) >= 11 is 0. The van der Waals surface area contributed by atoms with Gasteiger partial charge in [-0.05, 0) is 30.7 Å². The Morgan fingerprint density at radius 2 is 1.93 bits per heavy atom. The molecule has 0 atom stereocenters. The Labute approximate surface area is 88.5 Å². The quantitative estimate of drug-likeness (QED) is 0.810.